The predicted molar refractivity (Wildman–Crippen MR) is 83.5 cm³/mol. The molecule has 2 nitrogen and oxygen atoms in total. The predicted octanol–water partition coefficient (Wildman–Crippen LogP) is 4.21. The number of aliphatic hydroxyl groups is 2. The van der Waals surface area contributed by atoms with Gasteiger partial charge in [-0.05, 0) is 83.5 Å². The lowest BCUT2D eigenvalue weighted by Gasteiger charge is -2.41. The molecule has 2 fully saturated rings. The molecule has 2 saturated carbocycles. The van der Waals surface area contributed by atoms with Crippen molar-refractivity contribution in [2.75, 3.05) is 0 Å². The fraction of sp³-hybridized carbons (Fsp3) is 0.889. The summed E-state index contributed by atoms with van der Waals surface area (Å²) in [5.41, 5.74) is 2.84. The quantitative estimate of drug-likeness (QED) is 0.757. The van der Waals surface area contributed by atoms with Crippen LogP contribution in [0.3, 0.4) is 0 Å². The summed E-state index contributed by atoms with van der Waals surface area (Å²) in [5.74, 6) is 0.482. The number of hydrogen-bond donors (Lipinski definition) is 2. The van der Waals surface area contributed by atoms with Crippen molar-refractivity contribution in [3.63, 3.8) is 0 Å². The largest absolute Gasteiger partial charge is 0.393 e. The molecule has 0 saturated heterocycles. The maximum Gasteiger partial charge on any atom is 0.0591 e. The molecule has 0 bridgehead atoms. The van der Waals surface area contributed by atoms with Crippen LogP contribution < -0.4 is 0 Å². The third-order valence-electron chi connectivity index (χ3n) is 5.73. The molecule has 2 aliphatic rings. The molecule has 0 heterocycles. The number of rotatable bonds is 4. The fourth-order valence-corrected chi connectivity index (χ4v) is 4.60. The molecule has 2 N–H and O–H groups in total. The highest BCUT2D eigenvalue weighted by Crippen LogP contribution is 2.56. The van der Waals surface area contributed by atoms with Crippen LogP contribution in [0.25, 0.3) is 0 Å². The van der Waals surface area contributed by atoms with Gasteiger partial charge >= 0.3 is 0 Å². The summed E-state index contributed by atoms with van der Waals surface area (Å²) >= 11 is 0. The lowest BCUT2D eigenvalue weighted by molar-refractivity contribution is 0.0145. The summed E-state index contributed by atoms with van der Waals surface area (Å²) in [6, 6.07) is 0. The molecule has 0 amide bonds. The minimum Gasteiger partial charge on any atom is -0.393 e. The van der Waals surface area contributed by atoms with Gasteiger partial charge in [-0.1, -0.05) is 18.1 Å². The molecule has 0 aromatic rings. The summed E-state index contributed by atoms with van der Waals surface area (Å²) in [6.07, 6.45) is 8.66. The highest BCUT2D eigenvalue weighted by Gasteiger charge is 2.48. The van der Waals surface area contributed by atoms with E-state index in [-0.39, 0.29) is 11.5 Å². The van der Waals surface area contributed by atoms with Gasteiger partial charge in [-0.3, -0.25) is 0 Å². The first-order valence-corrected chi connectivity index (χ1v) is 8.33. The Bertz CT molecular complexity index is 377. The summed E-state index contributed by atoms with van der Waals surface area (Å²) in [7, 11) is 0. The van der Waals surface area contributed by atoms with Gasteiger partial charge in [-0.25, -0.2) is 0 Å². The summed E-state index contributed by atoms with van der Waals surface area (Å²) in [6.45, 7) is 8.43. The van der Waals surface area contributed by atoms with E-state index in [1.807, 2.05) is 13.8 Å². The van der Waals surface area contributed by atoms with Crippen molar-refractivity contribution < 1.29 is 10.2 Å². The van der Waals surface area contributed by atoms with Gasteiger partial charge in [0.2, 0.25) is 0 Å². The molecular formula is C18H32O2. The van der Waals surface area contributed by atoms with Crippen LogP contribution in [0, 0.1) is 11.3 Å². The maximum absolute atomic E-state index is 10.3. The standard InChI is InChI=1S/C18H32O2/c1-13(7-5-11-17(2,3)20)14-9-10-15-16(19)8-6-12-18(14,15)4/h15-16,19-20H,5-12H2,1-4H3/b14-13-/t15-,16?,18+/m0/s1. The lowest BCUT2D eigenvalue weighted by atomic mass is 9.65. The van der Waals surface area contributed by atoms with Crippen LogP contribution >= 0.6 is 0 Å². The van der Waals surface area contributed by atoms with E-state index in [9.17, 15) is 10.2 Å². The summed E-state index contributed by atoms with van der Waals surface area (Å²) in [5, 5.41) is 20.1. The van der Waals surface area contributed by atoms with Crippen LogP contribution in [0.2, 0.25) is 0 Å². The molecule has 0 aromatic heterocycles. The Labute approximate surface area is 124 Å². The monoisotopic (exact) mass is 280 g/mol. The SMILES string of the molecule is C/C(CCCC(C)(C)O)=C1\CC[C@H]2C(O)CCC[C@]12C. The maximum atomic E-state index is 10.3. The first-order chi connectivity index (χ1) is 9.24. The molecular weight excluding hydrogens is 248 g/mol. The molecule has 0 aliphatic heterocycles. The second-order valence-corrected chi connectivity index (χ2v) is 7.95. The topological polar surface area (TPSA) is 40.5 Å². The van der Waals surface area contributed by atoms with Gasteiger partial charge in [0.15, 0.2) is 0 Å². The van der Waals surface area contributed by atoms with Crippen LogP contribution in [0.15, 0.2) is 11.1 Å². The van der Waals surface area contributed by atoms with Crippen LogP contribution in [0.1, 0.15) is 79.1 Å². The molecule has 2 aliphatic carbocycles. The van der Waals surface area contributed by atoms with Crippen molar-refractivity contribution >= 4 is 0 Å². The van der Waals surface area contributed by atoms with Crippen molar-refractivity contribution in [3.8, 4) is 0 Å². The van der Waals surface area contributed by atoms with Crippen molar-refractivity contribution in [1.29, 1.82) is 0 Å². The van der Waals surface area contributed by atoms with Gasteiger partial charge in [-0.2, -0.15) is 0 Å². The Morgan fingerprint density at radius 1 is 1.35 bits per heavy atom. The van der Waals surface area contributed by atoms with Gasteiger partial charge in [0.1, 0.15) is 0 Å². The Kier molecular flexibility index (Phi) is 4.66. The lowest BCUT2D eigenvalue weighted by Crippen LogP contribution is -2.37. The Morgan fingerprint density at radius 2 is 2.05 bits per heavy atom. The second kappa shape index (κ2) is 5.81. The Balaban J connectivity index is 2.05. The molecule has 0 aromatic carbocycles. The van der Waals surface area contributed by atoms with Crippen LogP contribution in [0.4, 0.5) is 0 Å². The van der Waals surface area contributed by atoms with Crippen molar-refractivity contribution in [2.24, 2.45) is 11.3 Å². The first kappa shape index (κ1) is 16.0. The van der Waals surface area contributed by atoms with E-state index >= 15 is 0 Å². The van der Waals surface area contributed by atoms with E-state index < -0.39 is 5.60 Å². The van der Waals surface area contributed by atoms with Gasteiger partial charge in [-0.15, -0.1) is 0 Å². The normalized spacial score (nSPS) is 36.9. The molecule has 20 heavy (non-hydrogen) atoms. The molecule has 2 rings (SSSR count). The average Bonchev–Trinajstić information content (AvgIpc) is 2.66. The molecule has 0 radical (unpaired) electrons. The molecule has 116 valence electrons. The molecule has 2 heteroatoms. The smallest absolute Gasteiger partial charge is 0.0591 e. The number of hydrogen-bond acceptors (Lipinski definition) is 2. The van der Waals surface area contributed by atoms with E-state index in [0.29, 0.717) is 5.92 Å². The zero-order valence-corrected chi connectivity index (χ0v) is 13.7. The van der Waals surface area contributed by atoms with E-state index in [1.165, 1.54) is 18.4 Å². The Hall–Kier alpha value is -0.340. The molecule has 0 spiro atoms. The summed E-state index contributed by atoms with van der Waals surface area (Å²) < 4.78 is 0. The van der Waals surface area contributed by atoms with Gasteiger partial charge < -0.3 is 10.2 Å². The van der Waals surface area contributed by atoms with Crippen molar-refractivity contribution in [3.05, 3.63) is 11.1 Å². The number of allylic oxidation sites excluding steroid dienone is 2. The van der Waals surface area contributed by atoms with E-state index in [1.54, 1.807) is 5.57 Å². The van der Waals surface area contributed by atoms with Crippen molar-refractivity contribution in [1.82, 2.24) is 0 Å². The van der Waals surface area contributed by atoms with Gasteiger partial charge in [0, 0.05) is 0 Å². The highest BCUT2D eigenvalue weighted by atomic mass is 16.3. The zero-order valence-electron chi connectivity index (χ0n) is 13.7. The third kappa shape index (κ3) is 3.28. The van der Waals surface area contributed by atoms with Crippen LogP contribution in [-0.2, 0) is 0 Å². The Morgan fingerprint density at radius 3 is 2.70 bits per heavy atom. The van der Waals surface area contributed by atoms with Gasteiger partial charge in [0.25, 0.3) is 0 Å². The van der Waals surface area contributed by atoms with Gasteiger partial charge in [0.05, 0.1) is 11.7 Å². The highest BCUT2D eigenvalue weighted by molar-refractivity contribution is 5.27. The molecule has 3 atom stereocenters. The minimum absolute atomic E-state index is 0.0876. The van der Waals surface area contributed by atoms with Crippen LogP contribution in [-0.4, -0.2) is 21.9 Å². The van der Waals surface area contributed by atoms with Crippen LogP contribution in [0.5, 0.6) is 0 Å². The van der Waals surface area contributed by atoms with E-state index in [0.717, 1.165) is 38.5 Å². The first-order valence-electron chi connectivity index (χ1n) is 8.33. The van der Waals surface area contributed by atoms with Crippen molar-refractivity contribution in [2.45, 2.75) is 90.8 Å². The number of fused-ring (bicyclic) bond motifs is 1. The minimum atomic E-state index is -0.548. The third-order valence-corrected chi connectivity index (χ3v) is 5.73. The fourth-order valence-electron chi connectivity index (χ4n) is 4.60. The average molecular weight is 280 g/mol. The summed E-state index contributed by atoms with van der Waals surface area (Å²) in [4.78, 5) is 0. The molecule has 1 unspecified atom stereocenters. The zero-order chi connectivity index (χ0) is 15.0. The van der Waals surface area contributed by atoms with E-state index in [2.05, 4.69) is 13.8 Å². The second-order valence-electron chi connectivity index (χ2n) is 7.95. The number of aliphatic hydroxyl groups excluding tert-OH is 1. The van der Waals surface area contributed by atoms with E-state index in [4.69, 9.17) is 0 Å².